The zero-order chi connectivity index (χ0) is 41.7. The molecule has 312 valence electrons. The number of anilines is 1. The summed E-state index contributed by atoms with van der Waals surface area (Å²) >= 11 is 0. The van der Waals surface area contributed by atoms with Gasteiger partial charge in [-0.1, -0.05) is 48.9 Å². The first kappa shape index (κ1) is 42.3. The number of aliphatic hydroxyl groups excluding tert-OH is 2. The van der Waals surface area contributed by atoms with Crippen molar-refractivity contribution in [1.82, 2.24) is 30.7 Å². The monoisotopic (exact) mass is 801 g/mol. The molecule has 0 bridgehead atoms. The molecule has 0 aromatic heterocycles. The topological polar surface area (TPSA) is 218 Å². The van der Waals surface area contributed by atoms with Crippen molar-refractivity contribution in [3.8, 4) is 0 Å². The molecule has 4 fully saturated rings. The van der Waals surface area contributed by atoms with E-state index in [1.54, 1.807) is 30.0 Å². The Bertz CT molecular complexity index is 1910. The summed E-state index contributed by atoms with van der Waals surface area (Å²) < 4.78 is 0. The Morgan fingerprint density at radius 3 is 2.29 bits per heavy atom. The lowest BCUT2D eigenvalue weighted by molar-refractivity contribution is -0.151. The molecule has 0 radical (unpaired) electrons. The predicted octanol–water partition coefficient (Wildman–Crippen LogP) is 0.949. The lowest BCUT2D eigenvalue weighted by Gasteiger charge is -2.39. The number of aryl methyl sites for hydroxylation is 2. The number of amides is 7. The van der Waals surface area contributed by atoms with Crippen LogP contribution in [0.3, 0.4) is 0 Å². The fourth-order valence-corrected chi connectivity index (χ4v) is 8.54. The second-order valence-electron chi connectivity index (χ2n) is 16.0. The summed E-state index contributed by atoms with van der Waals surface area (Å²) in [5.41, 5.74) is 2.53. The van der Waals surface area contributed by atoms with Gasteiger partial charge in [-0.15, -0.1) is 0 Å². The highest BCUT2D eigenvalue weighted by Gasteiger charge is 2.62. The molecular formula is C42H55N7O9. The number of urea groups is 1. The Morgan fingerprint density at radius 1 is 0.879 bits per heavy atom. The number of rotatable bonds is 13. The van der Waals surface area contributed by atoms with Gasteiger partial charge in [0.1, 0.15) is 35.7 Å². The molecule has 6 N–H and O–H groups in total. The third-order valence-electron chi connectivity index (χ3n) is 11.8. The molecule has 1 spiro atoms. The molecule has 0 unspecified atom stereocenters. The van der Waals surface area contributed by atoms with Crippen LogP contribution in [0.4, 0.5) is 10.5 Å². The van der Waals surface area contributed by atoms with E-state index < -0.39 is 78.1 Å². The number of nitrogens with one attached hydrogen (secondary N) is 4. The molecule has 4 aliphatic rings. The van der Waals surface area contributed by atoms with Crippen LogP contribution >= 0.6 is 0 Å². The maximum atomic E-state index is 14.2. The SMILES string of the molecule is CCc1ccc(NC(=O)N[C@@H](Cc2cccc(C)c2)C(=O)N[C@@H](CO)C(=O)N2C[C@H](O)C[C@H]2C(=O)N2CCCC[C@H]2C(=O)N[C@@H](C)C(=O)N2CCC[C@]23CC3=O)cc1. The summed E-state index contributed by atoms with van der Waals surface area (Å²) in [6, 6.07) is 8.20. The van der Waals surface area contributed by atoms with E-state index in [-0.39, 0.29) is 37.6 Å². The quantitative estimate of drug-likeness (QED) is 0.170. The normalized spacial score (nSPS) is 24.2. The van der Waals surface area contributed by atoms with E-state index in [1.165, 1.54) is 4.90 Å². The second-order valence-corrected chi connectivity index (χ2v) is 16.0. The smallest absolute Gasteiger partial charge is 0.319 e. The molecule has 2 aromatic rings. The fraction of sp³-hybridized carbons (Fsp3) is 0.548. The first-order valence-corrected chi connectivity index (χ1v) is 20.3. The van der Waals surface area contributed by atoms with E-state index in [0.29, 0.717) is 50.8 Å². The summed E-state index contributed by atoms with van der Waals surface area (Å²) in [7, 11) is 0. The van der Waals surface area contributed by atoms with Crippen LogP contribution in [0.5, 0.6) is 0 Å². The molecule has 3 heterocycles. The van der Waals surface area contributed by atoms with Gasteiger partial charge in [0.25, 0.3) is 0 Å². The van der Waals surface area contributed by atoms with Gasteiger partial charge in [-0.05, 0) is 75.6 Å². The average molecular weight is 802 g/mol. The number of carbonyl (C=O) groups is 7. The van der Waals surface area contributed by atoms with Gasteiger partial charge in [-0.3, -0.25) is 28.8 Å². The molecular weight excluding hydrogens is 747 g/mol. The van der Waals surface area contributed by atoms with E-state index in [2.05, 4.69) is 21.3 Å². The van der Waals surface area contributed by atoms with E-state index in [0.717, 1.165) is 28.0 Å². The van der Waals surface area contributed by atoms with Crippen LogP contribution in [0.15, 0.2) is 48.5 Å². The summed E-state index contributed by atoms with van der Waals surface area (Å²) in [6.07, 6.45) is 2.87. The number of ketones is 1. The number of carbonyl (C=O) groups excluding carboxylic acids is 7. The maximum Gasteiger partial charge on any atom is 0.319 e. The molecule has 1 saturated carbocycles. The predicted molar refractivity (Wildman–Crippen MR) is 212 cm³/mol. The van der Waals surface area contributed by atoms with Gasteiger partial charge in [0.2, 0.25) is 29.5 Å². The van der Waals surface area contributed by atoms with Crippen molar-refractivity contribution < 1.29 is 43.8 Å². The molecule has 1 aliphatic carbocycles. The number of piperidine rings is 1. The van der Waals surface area contributed by atoms with Gasteiger partial charge in [0, 0.05) is 44.6 Å². The highest BCUT2D eigenvalue weighted by atomic mass is 16.3. The average Bonchev–Trinajstić information content (AvgIpc) is 3.47. The van der Waals surface area contributed by atoms with Crippen molar-refractivity contribution in [1.29, 1.82) is 0 Å². The zero-order valence-electron chi connectivity index (χ0n) is 33.4. The molecule has 58 heavy (non-hydrogen) atoms. The first-order valence-electron chi connectivity index (χ1n) is 20.3. The summed E-state index contributed by atoms with van der Waals surface area (Å²) in [5.74, 6) is -3.00. The van der Waals surface area contributed by atoms with Gasteiger partial charge in [-0.25, -0.2) is 4.79 Å². The maximum absolute atomic E-state index is 14.2. The zero-order valence-corrected chi connectivity index (χ0v) is 33.4. The van der Waals surface area contributed by atoms with Crippen molar-refractivity contribution >= 4 is 47.0 Å². The third-order valence-corrected chi connectivity index (χ3v) is 11.8. The number of nitrogens with zero attached hydrogens (tertiary/aromatic N) is 3. The van der Waals surface area contributed by atoms with Gasteiger partial charge >= 0.3 is 6.03 Å². The van der Waals surface area contributed by atoms with Gasteiger partial charge in [-0.2, -0.15) is 0 Å². The number of likely N-dealkylation sites (tertiary alicyclic amines) is 3. The van der Waals surface area contributed by atoms with Crippen molar-refractivity contribution in [2.45, 2.75) is 120 Å². The molecule has 2 aromatic carbocycles. The highest BCUT2D eigenvalue weighted by Crippen LogP contribution is 2.46. The summed E-state index contributed by atoms with van der Waals surface area (Å²) in [5, 5.41) is 31.9. The Hall–Kier alpha value is -5.35. The number of β-amino-alcohol motifs (C(OH)–C–C–N with tert-alkyl or cyclic N) is 1. The summed E-state index contributed by atoms with van der Waals surface area (Å²) in [4.78, 5) is 98.6. The van der Waals surface area contributed by atoms with Crippen LogP contribution < -0.4 is 21.3 Å². The van der Waals surface area contributed by atoms with E-state index in [1.807, 2.05) is 44.2 Å². The minimum atomic E-state index is -1.53. The van der Waals surface area contributed by atoms with Crippen LogP contribution in [0.25, 0.3) is 0 Å². The van der Waals surface area contributed by atoms with Crippen LogP contribution in [0, 0.1) is 6.92 Å². The minimum Gasteiger partial charge on any atom is -0.394 e. The molecule has 6 rings (SSSR count). The largest absolute Gasteiger partial charge is 0.394 e. The number of benzene rings is 2. The summed E-state index contributed by atoms with van der Waals surface area (Å²) in [6.45, 7) is 5.02. The van der Waals surface area contributed by atoms with Crippen molar-refractivity contribution in [3.63, 3.8) is 0 Å². The van der Waals surface area contributed by atoms with Crippen LogP contribution in [-0.4, -0.2) is 134 Å². The number of hydrogen-bond acceptors (Lipinski definition) is 9. The van der Waals surface area contributed by atoms with Crippen LogP contribution in [0.2, 0.25) is 0 Å². The Kier molecular flexibility index (Phi) is 13.2. The highest BCUT2D eigenvalue weighted by molar-refractivity contribution is 6.09. The van der Waals surface area contributed by atoms with Crippen LogP contribution in [0.1, 0.15) is 75.5 Å². The Balaban J connectivity index is 1.12. The lowest BCUT2D eigenvalue weighted by Crippen LogP contribution is -2.61. The van der Waals surface area contributed by atoms with E-state index >= 15 is 0 Å². The number of Topliss-reactive ketones (excluding diaryl/α,β-unsaturated/α-hetero) is 1. The minimum absolute atomic E-state index is 0.0251. The molecule has 7 atom stereocenters. The molecule has 16 heteroatoms. The standard InChI is InChI=1S/C42H55N7O9/c1-4-27-12-14-29(15-13-27)44-41(58)46-31(20-28-10-7-9-25(2)19-28)36(53)45-32(24-50)39(56)48-23-30(51)21-34(48)40(57)47-17-6-5-11-33(47)37(54)43-26(3)38(55)49-18-8-16-42(49)22-35(42)52/h7,9-10,12-15,19,26,30-34,50-51H,4-6,8,11,16-18,20-24H2,1-3H3,(H,43,54)(H,45,53)(H2,44,46,58)/t26-,30+,31-,32-,33-,34-,42+/m0/s1. The van der Waals surface area contributed by atoms with Crippen molar-refractivity contribution in [2.75, 3.05) is 31.6 Å². The third kappa shape index (κ3) is 9.34. The van der Waals surface area contributed by atoms with Crippen molar-refractivity contribution in [3.05, 3.63) is 65.2 Å². The Labute approximate surface area is 338 Å². The van der Waals surface area contributed by atoms with Crippen LogP contribution in [-0.2, 0) is 41.6 Å². The van der Waals surface area contributed by atoms with E-state index in [9.17, 15) is 43.8 Å². The number of hydrogen-bond donors (Lipinski definition) is 6. The molecule has 16 nitrogen and oxygen atoms in total. The van der Waals surface area contributed by atoms with E-state index in [4.69, 9.17) is 0 Å². The second kappa shape index (κ2) is 18.1. The van der Waals surface area contributed by atoms with Gasteiger partial charge < -0.3 is 46.2 Å². The fourth-order valence-electron chi connectivity index (χ4n) is 8.54. The lowest BCUT2D eigenvalue weighted by atomic mass is 9.99. The molecule has 7 amide bonds. The van der Waals surface area contributed by atoms with Crippen molar-refractivity contribution in [2.24, 2.45) is 0 Å². The Morgan fingerprint density at radius 2 is 1.62 bits per heavy atom. The first-order chi connectivity index (χ1) is 27.7. The number of aliphatic hydroxyl groups is 2. The molecule has 3 aliphatic heterocycles. The van der Waals surface area contributed by atoms with Gasteiger partial charge in [0.05, 0.1) is 12.7 Å². The van der Waals surface area contributed by atoms with Gasteiger partial charge in [0.15, 0.2) is 5.78 Å². The molecule has 3 saturated heterocycles.